The van der Waals surface area contributed by atoms with E-state index in [4.69, 9.17) is 0 Å². The Labute approximate surface area is 140 Å². The van der Waals surface area contributed by atoms with Gasteiger partial charge < -0.3 is 15.1 Å². The first kappa shape index (κ1) is 17.8. The van der Waals surface area contributed by atoms with Crippen LogP contribution in [0.15, 0.2) is 30.3 Å². The maximum absolute atomic E-state index is 12.6. The van der Waals surface area contributed by atoms with Gasteiger partial charge in [0, 0.05) is 25.7 Å². The number of nitrogens with zero attached hydrogens (tertiary/aromatic N) is 2. The summed E-state index contributed by atoms with van der Waals surface area (Å²) in [6.45, 7) is 2.52. The first-order valence-corrected chi connectivity index (χ1v) is 8.89. The molecule has 128 valence electrons. The minimum Gasteiger partial charge on any atom is -0.335 e. The average molecular weight is 317 g/mol. The van der Waals surface area contributed by atoms with Gasteiger partial charge in [0.05, 0.1) is 0 Å². The Morgan fingerprint density at radius 1 is 1.09 bits per heavy atom. The molecule has 4 nitrogen and oxygen atoms in total. The second-order valence-corrected chi connectivity index (χ2v) is 6.81. The van der Waals surface area contributed by atoms with E-state index in [-0.39, 0.29) is 6.03 Å². The number of urea groups is 1. The van der Waals surface area contributed by atoms with Crippen molar-refractivity contribution >= 4 is 6.03 Å². The molecule has 1 saturated carbocycles. The monoisotopic (exact) mass is 317 g/mol. The van der Waals surface area contributed by atoms with Crippen molar-refractivity contribution in [2.75, 3.05) is 33.7 Å². The van der Waals surface area contributed by atoms with Crippen LogP contribution in [0.25, 0.3) is 0 Å². The molecule has 0 heterocycles. The first-order valence-electron chi connectivity index (χ1n) is 8.89. The molecule has 1 aromatic carbocycles. The van der Waals surface area contributed by atoms with Gasteiger partial charge >= 0.3 is 6.03 Å². The van der Waals surface area contributed by atoms with Crippen LogP contribution < -0.4 is 5.32 Å². The number of carbonyl (C=O) groups excluding carboxylic acids is 1. The number of carbonyl (C=O) groups is 1. The molecule has 2 rings (SSSR count). The fraction of sp³-hybridized carbons (Fsp3) is 0.632. The Morgan fingerprint density at radius 3 is 2.43 bits per heavy atom. The zero-order valence-corrected chi connectivity index (χ0v) is 14.6. The molecule has 0 spiro atoms. The van der Waals surface area contributed by atoms with Crippen molar-refractivity contribution in [3.8, 4) is 0 Å². The lowest BCUT2D eigenvalue weighted by Crippen LogP contribution is -2.46. The molecule has 0 unspecified atom stereocenters. The fourth-order valence-electron chi connectivity index (χ4n) is 3.09. The summed E-state index contributed by atoms with van der Waals surface area (Å²) in [7, 11) is 4.11. The number of nitrogens with one attached hydrogen (secondary N) is 1. The molecule has 0 bridgehead atoms. The third-order valence-electron chi connectivity index (χ3n) is 4.52. The number of hydrogen-bond acceptors (Lipinski definition) is 2. The molecule has 1 fully saturated rings. The van der Waals surface area contributed by atoms with Gasteiger partial charge in [0.15, 0.2) is 0 Å². The lowest BCUT2D eigenvalue weighted by molar-refractivity contribution is 0.187. The highest BCUT2D eigenvalue weighted by Crippen LogP contribution is 2.18. The van der Waals surface area contributed by atoms with E-state index >= 15 is 0 Å². The summed E-state index contributed by atoms with van der Waals surface area (Å²) >= 11 is 0. The second-order valence-electron chi connectivity index (χ2n) is 6.81. The smallest absolute Gasteiger partial charge is 0.317 e. The number of benzene rings is 1. The van der Waals surface area contributed by atoms with Crippen LogP contribution in [0, 0.1) is 0 Å². The topological polar surface area (TPSA) is 35.6 Å². The summed E-state index contributed by atoms with van der Waals surface area (Å²) < 4.78 is 0. The summed E-state index contributed by atoms with van der Waals surface area (Å²) in [4.78, 5) is 16.7. The van der Waals surface area contributed by atoms with Gasteiger partial charge in [-0.1, -0.05) is 43.2 Å². The molecule has 1 aliphatic carbocycles. The second kappa shape index (κ2) is 9.56. The Hall–Kier alpha value is -1.55. The van der Waals surface area contributed by atoms with Crippen LogP contribution in [0.2, 0.25) is 0 Å². The fourth-order valence-corrected chi connectivity index (χ4v) is 3.09. The van der Waals surface area contributed by atoms with Gasteiger partial charge in [-0.3, -0.25) is 0 Å². The van der Waals surface area contributed by atoms with Crippen LogP contribution in [0.3, 0.4) is 0 Å². The van der Waals surface area contributed by atoms with E-state index in [1.54, 1.807) is 0 Å². The van der Waals surface area contributed by atoms with Crippen molar-refractivity contribution in [3.05, 3.63) is 35.9 Å². The predicted octanol–water partition coefficient (Wildman–Crippen LogP) is 3.14. The molecule has 0 radical (unpaired) electrons. The van der Waals surface area contributed by atoms with E-state index in [1.807, 2.05) is 11.0 Å². The van der Waals surface area contributed by atoms with Crippen molar-refractivity contribution in [2.24, 2.45) is 0 Å². The van der Waals surface area contributed by atoms with Gasteiger partial charge in [0.25, 0.3) is 0 Å². The van der Waals surface area contributed by atoms with Gasteiger partial charge in [0.2, 0.25) is 0 Å². The zero-order chi connectivity index (χ0) is 16.5. The molecule has 0 saturated heterocycles. The van der Waals surface area contributed by atoms with Crippen molar-refractivity contribution in [2.45, 2.75) is 44.6 Å². The van der Waals surface area contributed by atoms with Crippen LogP contribution in [0.5, 0.6) is 0 Å². The van der Waals surface area contributed by atoms with Gasteiger partial charge in [-0.05, 0) is 45.3 Å². The SMILES string of the molecule is CN(C)CCN(CCCc1ccccc1)C(=O)NC1CCCC1. The highest BCUT2D eigenvalue weighted by atomic mass is 16.2. The standard InChI is InChI=1S/C19H31N3O/c1-21(2)15-16-22(19(23)20-18-12-6-7-13-18)14-8-11-17-9-4-3-5-10-17/h3-5,9-10,18H,6-8,11-16H2,1-2H3,(H,20,23). The molecular weight excluding hydrogens is 286 g/mol. The molecule has 0 atom stereocenters. The van der Waals surface area contributed by atoms with Crippen LogP contribution >= 0.6 is 0 Å². The predicted molar refractivity (Wildman–Crippen MR) is 95.7 cm³/mol. The van der Waals surface area contributed by atoms with Gasteiger partial charge in [-0.25, -0.2) is 4.79 Å². The van der Waals surface area contributed by atoms with E-state index < -0.39 is 0 Å². The van der Waals surface area contributed by atoms with Crippen LogP contribution in [0.1, 0.15) is 37.7 Å². The highest BCUT2D eigenvalue weighted by molar-refractivity contribution is 5.74. The normalized spacial score (nSPS) is 15.1. The number of aryl methyl sites for hydroxylation is 1. The minimum atomic E-state index is 0.117. The summed E-state index contributed by atoms with van der Waals surface area (Å²) in [6.07, 6.45) is 6.80. The van der Waals surface area contributed by atoms with Gasteiger partial charge in [-0.15, -0.1) is 0 Å². The summed E-state index contributed by atoms with van der Waals surface area (Å²) in [5.41, 5.74) is 1.34. The molecule has 2 amide bonds. The summed E-state index contributed by atoms with van der Waals surface area (Å²) in [5, 5.41) is 3.22. The lowest BCUT2D eigenvalue weighted by Gasteiger charge is -2.26. The van der Waals surface area contributed by atoms with Crippen LogP contribution in [-0.4, -0.2) is 55.6 Å². The molecular formula is C19H31N3O. The molecule has 0 aromatic heterocycles. The average Bonchev–Trinajstić information content (AvgIpc) is 3.04. The van der Waals surface area contributed by atoms with E-state index in [0.717, 1.165) is 45.3 Å². The summed E-state index contributed by atoms with van der Waals surface area (Å²) in [6, 6.07) is 11.0. The molecule has 1 N–H and O–H groups in total. The largest absolute Gasteiger partial charge is 0.335 e. The quantitative estimate of drug-likeness (QED) is 0.799. The molecule has 0 aliphatic heterocycles. The Morgan fingerprint density at radius 2 is 1.78 bits per heavy atom. The summed E-state index contributed by atoms with van der Waals surface area (Å²) in [5.74, 6) is 0. The maximum Gasteiger partial charge on any atom is 0.317 e. The Kier molecular flexibility index (Phi) is 7.40. The number of rotatable bonds is 8. The van der Waals surface area contributed by atoms with Gasteiger partial charge in [0.1, 0.15) is 0 Å². The third-order valence-corrected chi connectivity index (χ3v) is 4.52. The van der Waals surface area contributed by atoms with E-state index in [0.29, 0.717) is 6.04 Å². The van der Waals surface area contributed by atoms with Crippen molar-refractivity contribution in [1.82, 2.24) is 15.1 Å². The maximum atomic E-state index is 12.6. The highest BCUT2D eigenvalue weighted by Gasteiger charge is 2.20. The van der Waals surface area contributed by atoms with E-state index in [9.17, 15) is 4.79 Å². The third kappa shape index (κ3) is 6.61. The molecule has 23 heavy (non-hydrogen) atoms. The first-order chi connectivity index (χ1) is 11.1. The van der Waals surface area contributed by atoms with Crippen LogP contribution in [0.4, 0.5) is 4.79 Å². The molecule has 1 aromatic rings. The van der Waals surface area contributed by atoms with E-state index in [2.05, 4.69) is 48.6 Å². The van der Waals surface area contributed by atoms with E-state index in [1.165, 1.54) is 18.4 Å². The minimum absolute atomic E-state index is 0.117. The van der Waals surface area contributed by atoms with Gasteiger partial charge in [-0.2, -0.15) is 0 Å². The van der Waals surface area contributed by atoms with Crippen molar-refractivity contribution < 1.29 is 4.79 Å². The Balaban J connectivity index is 1.81. The lowest BCUT2D eigenvalue weighted by atomic mass is 10.1. The molecule has 1 aliphatic rings. The van der Waals surface area contributed by atoms with Crippen molar-refractivity contribution in [1.29, 1.82) is 0 Å². The van der Waals surface area contributed by atoms with Crippen LogP contribution in [-0.2, 0) is 6.42 Å². The number of amides is 2. The Bertz CT molecular complexity index is 455. The zero-order valence-electron chi connectivity index (χ0n) is 14.6. The molecule has 4 heteroatoms. The number of hydrogen-bond donors (Lipinski definition) is 1. The van der Waals surface area contributed by atoms with Crippen molar-refractivity contribution in [3.63, 3.8) is 0 Å². The number of likely N-dealkylation sites (N-methyl/N-ethyl adjacent to an activating group) is 1.